The number of ether oxygens (including phenoxy) is 1. The lowest BCUT2D eigenvalue weighted by molar-refractivity contribution is -0.150. The summed E-state index contributed by atoms with van der Waals surface area (Å²) in [5.74, 6) is -1.61. The van der Waals surface area contributed by atoms with Crippen LogP contribution in [0.5, 0.6) is 0 Å². The van der Waals surface area contributed by atoms with Crippen molar-refractivity contribution in [3.8, 4) is 0 Å². The van der Waals surface area contributed by atoms with Crippen molar-refractivity contribution < 1.29 is 29.0 Å². The lowest BCUT2D eigenvalue weighted by atomic mass is 9.74. The average Bonchev–Trinajstić information content (AvgIpc) is 2.69. The van der Waals surface area contributed by atoms with Crippen LogP contribution in [0.25, 0.3) is 0 Å². The van der Waals surface area contributed by atoms with Gasteiger partial charge < -0.3 is 31.5 Å². The Kier molecular flexibility index (Phi) is 14.0. The van der Waals surface area contributed by atoms with Crippen LogP contribution in [0, 0.1) is 10.8 Å². The van der Waals surface area contributed by atoms with Gasteiger partial charge in [-0.05, 0) is 66.8 Å². The number of carbonyl (C=O) groups excluding carboxylic acids is 3. The number of hydrogen-bond acceptors (Lipinski definition) is 6. The summed E-state index contributed by atoms with van der Waals surface area (Å²) in [6.45, 7) is 11.3. The second kappa shape index (κ2) is 14.9. The number of carboxylic acid groups (broad SMARTS) is 1. The van der Waals surface area contributed by atoms with Gasteiger partial charge in [0.2, 0.25) is 17.7 Å². The van der Waals surface area contributed by atoms with Crippen molar-refractivity contribution in [1.29, 1.82) is 0 Å². The lowest BCUT2D eigenvalue weighted by Crippen LogP contribution is -2.45. The summed E-state index contributed by atoms with van der Waals surface area (Å²) in [7, 11) is 1.69. The Labute approximate surface area is 204 Å². The van der Waals surface area contributed by atoms with E-state index in [-0.39, 0.29) is 48.8 Å². The number of amides is 3. The van der Waals surface area contributed by atoms with Crippen molar-refractivity contribution in [3.05, 3.63) is 0 Å². The zero-order valence-electron chi connectivity index (χ0n) is 22.0. The summed E-state index contributed by atoms with van der Waals surface area (Å²) in [6, 6.07) is -0.499. The van der Waals surface area contributed by atoms with Gasteiger partial charge in [-0.1, -0.05) is 13.8 Å². The van der Waals surface area contributed by atoms with Gasteiger partial charge in [-0.2, -0.15) is 0 Å². The highest BCUT2D eigenvalue weighted by molar-refractivity contribution is 5.83. The highest BCUT2D eigenvalue weighted by Gasteiger charge is 2.39. The van der Waals surface area contributed by atoms with Gasteiger partial charge in [0.1, 0.15) is 0 Å². The molecule has 0 aromatic rings. The molecule has 0 fully saturated rings. The maximum Gasteiger partial charge on any atom is 0.309 e. The lowest BCUT2D eigenvalue weighted by Gasteiger charge is -2.32. The molecule has 0 rings (SSSR count). The molecule has 3 unspecified atom stereocenters. The number of rotatable bonds is 18. The number of hydrogen-bond donors (Lipinski definition) is 5. The van der Waals surface area contributed by atoms with Crippen molar-refractivity contribution in [3.63, 3.8) is 0 Å². The van der Waals surface area contributed by atoms with E-state index in [1.54, 1.807) is 34.7 Å². The van der Waals surface area contributed by atoms with Gasteiger partial charge in [0.15, 0.2) is 0 Å². The van der Waals surface area contributed by atoms with Crippen LogP contribution < -0.4 is 21.7 Å². The minimum atomic E-state index is -0.998. The van der Waals surface area contributed by atoms with Crippen molar-refractivity contribution in [1.82, 2.24) is 16.0 Å². The number of primary amides is 1. The number of carbonyl (C=O) groups is 4. The first-order chi connectivity index (χ1) is 15.6. The van der Waals surface area contributed by atoms with Crippen molar-refractivity contribution in [2.45, 2.75) is 98.3 Å². The third kappa shape index (κ3) is 12.9. The van der Waals surface area contributed by atoms with Crippen LogP contribution in [0.4, 0.5) is 0 Å². The molecule has 0 heterocycles. The molecule has 10 nitrogen and oxygen atoms in total. The summed E-state index contributed by atoms with van der Waals surface area (Å²) in [5, 5.41) is 18.0. The molecule has 6 N–H and O–H groups in total. The standard InChI is InChI=1S/C24H46N4O6/c1-16(28-21(31)23(3,4)15-24(5,6)22(32)33)11-13-34-17(2)14-19(29)27-12-9-8-10-18(26-7)20(25)30/h16-18,26H,8-15H2,1-7H3,(H2,25,30)(H,27,29)(H,28,31)(H,32,33). The number of likely N-dealkylation sites (N-methyl/N-ethyl adjacent to an activating group) is 1. The topological polar surface area (TPSA) is 160 Å². The minimum Gasteiger partial charge on any atom is -0.481 e. The van der Waals surface area contributed by atoms with Gasteiger partial charge in [0, 0.05) is 24.6 Å². The molecule has 0 aromatic heterocycles. The zero-order chi connectivity index (χ0) is 26.5. The molecule has 10 heteroatoms. The Balaban J connectivity index is 4.16. The first-order valence-corrected chi connectivity index (χ1v) is 12.0. The molecule has 0 aliphatic heterocycles. The molecule has 0 saturated heterocycles. The van der Waals surface area contributed by atoms with Gasteiger partial charge in [-0.3, -0.25) is 19.2 Å². The summed E-state index contributed by atoms with van der Waals surface area (Å²) in [4.78, 5) is 47.2. The Morgan fingerprint density at radius 3 is 2.15 bits per heavy atom. The second-order valence-corrected chi connectivity index (χ2v) is 10.4. The highest BCUT2D eigenvalue weighted by Crippen LogP contribution is 2.34. The molecule has 3 amide bonds. The Morgan fingerprint density at radius 1 is 1.00 bits per heavy atom. The largest absolute Gasteiger partial charge is 0.481 e. The molecular weight excluding hydrogens is 440 g/mol. The van der Waals surface area contributed by atoms with Crippen LogP contribution in [0.15, 0.2) is 0 Å². The van der Waals surface area contributed by atoms with Gasteiger partial charge in [0.05, 0.1) is 24.0 Å². The molecule has 198 valence electrons. The summed E-state index contributed by atoms with van der Waals surface area (Å²) >= 11 is 0. The third-order valence-electron chi connectivity index (χ3n) is 5.81. The molecule has 0 bridgehead atoms. The third-order valence-corrected chi connectivity index (χ3v) is 5.81. The van der Waals surface area contributed by atoms with Crippen molar-refractivity contribution in [2.24, 2.45) is 16.6 Å². The Hall–Kier alpha value is -2.20. The molecule has 0 saturated carbocycles. The molecule has 0 radical (unpaired) electrons. The quantitative estimate of drug-likeness (QED) is 0.184. The molecular formula is C24H46N4O6. The fourth-order valence-electron chi connectivity index (χ4n) is 3.72. The predicted molar refractivity (Wildman–Crippen MR) is 131 cm³/mol. The van der Waals surface area contributed by atoms with Gasteiger partial charge in [0.25, 0.3) is 0 Å². The fraction of sp³-hybridized carbons (Fsp3) is 0.833. The number of carboxylic acids is 1. The first kappa shape index (κ1) is 31.8. The van der Waals surface area contributed by atoms with Gasteiger partial charge in [-0.15, -0.1) is 0 Å². The maximum atomic E-state index is 12.6. The smallest absolute Gasteiger partial charge is 0.309 e. The summed E-state index contributed by atoms with van der Waals surface area (Å²) in [5.41, 5.74) is 3.45. The van der Waals surface area contributed by atoms with Gasteiger partial charge in [-0.25, -0.2) is 0 Å². The van der Waals surface area contributed by atoms with E-state index >= 15 is 0 Å². The Bertz CT molecular complexity index is 680. The van der Waals surface area contributed by atoms with Crippen LogP contribution in [-0.4, -0.2) is 67.2 Å². The van der Waals surface area contributed by atoms with Crippen molar-refractivity contribution >= 4 is 23.7 Å². The first-order valence-electron chi connectivity index (χ1n) is 12.0. The molecule has 3 atom stereocenters. The number of unbranched alkanes of at least 4 members (excludes halogenated alkanes) is 1. The van der Waals surface area contributed by atoms with Gasteiger partial charge >= 0.3 is 5.97 Å². The number of nitrogens with two attached hydrogens (primary N) is 1. The van der Waals surface area contributed by atoms with E-state index < -0.39 is 16.8 Å². The van der Waals surface area contributed by atoms with E-state index in [2.05, 4.69) is 16.0 Å². The number of aliphatic carboxylic acids is 1. The van der Waals surface area contributed by atoms with Crippen molar-refractivity contribution in [2.75, 3.05) is 20.2 Å². The SMILES string of the molecule is CNC(CCCCNC(=O)CC(C)OCCC(C)NC(=O)C(C)(C)CC(C)(C)C(=O)O)C(N)=O. The van der Waals surface area contributed by atoms with Crippen LogP contribution in [0.3, 0.4) is 0 Å². The zero-order valence-corrected chi connectivity index (χ0v) is 22.0. The van der Waals surface area contributed by atoms with E-state index in [4.69, 9.17) is 10.5 Å². The van der Waals surface area contributed by atoms with E-state index in [0.29, 0.717) is 26.0 Å². The summed E-state index contributed by atoms with van der Waals surface area (Å²) in [6.07, 6.45) is 2.92. The second-order valence-electron chi connectivity index (χ2n) is 10.4. The normalized spacial score (nSPS) is 14.7. The average molecular weight is 487 g/mol. The minimum absolute atomic E-state index is 0.100. The Morgan fingerprint density at radius 2 is 1.62 bits per heavy atom. The molecule has 0 spiro atoms. The van der Waals surface area contributed by atoms with E-state index in [0.717, 1.165) is 12.8 Å². The van der Waals surface area contributed by atoms with Crippen LogP contribution in [0.1, 0.15) is 80.1 Å². The van der Waals surface area contributed by atoms with Crippen LogP contribution in [0.2, 0.25) is 0 Å². The molecule has 34 heavy (non-hydrogen) atoms. The molecule has 0 aromatic carbocycles. The monoisotopic (exact) mass is 486 g/mol. The molecule has 0 aliphatic rings. The van der Waals surface area contributed by atoms with E-state index in [1.165, 1.54) is 0 Å². The summed E-state index contributed by atoms with van der Waals surface area (Å²) < 4.78 is 5.71. The van der Waals surface area contributed by atoms with E-state index in [1.807, 2.05) is 13.8 Å². The predicted octanol–water partition coefficient (Wildman–Crippen LogP) is 1.56. The fourth-order valence-corrected chi connectivity index (χ4v) is 3.72. The van der Waals surface area contributed by atoms with Crippen LogP contribution in [-0.2, 0) is 23.9 Å². The molecule has 0 aliphatic carbocycles. The van der Waals surface area contributed by atoms with Crippen LogP contribution >= 0.6 is 0 Å². The highest BCUT2D eigenvalue weighted by atomic mass is 16.5. The maximum absolute atomic E-state index is 12.6. The number of nitrogens with one attached hydrogen (secondary N) is 3. The van der Waals surface area contributed by atoms with E-state index in [9.17, 15) is 24.3 Å².